The molecule has 5 rings (SSSR count). The number of nitrogens with zero attached hydrogens (tertiary/aromatic N) is 2. The molecule has 0 radical (unpaired) electrons. The SMILES string of the molecule is Cc1ccc(S(=O)(=O)N(CC(=O)N(Cc2ccccc2Cl)C(Cc2ccccc2)C(=O)NC(C)C)c2ccc(Oc3ccccc3)cc2)cc1. The summed E-state index contributed by atoms with van der Waals surface area (Å²) in [5, 5.41) is 3.38. The molecule has 2 amide bonds. The number of para-hydroxylation sites is 1. The normalized spacial score (nSPS) is 11.9. The van der Waals surface area contributed by atoms with Crippen LogP contribution in [0.2, 0.25) is 5.02 Å². The zero-order chi connectivity index (χ0) is 35.7. The van der Waals surface area contributed by atoms with Crippen molar-refractivity contribution in [2.24, 2.45) is 0 Å². The van der Waals surface area contributed by atoms with E-state index in [0.717, 1.165) is 15.4 Å². The quantitative estimate of drug-likeness (QED) is 0.127. The number of hydrogen-bond donors (Lipinski definition) is 1. The molecule has 0 spiro atoms. The summed E-state index contributed by atoms with van der Waals surface area (Å²) in [6.45, 7) is 4.95. The molecule has 1 atom stereocenters. The van der Waals surface area contributed by atoms with E-state index < -0.39 is 28.5 Å². The van der Waals surface area contributed by atoms with Gasteiger partial charge in [-0.2, -0.15) is 0 Å². The summed E-state index contributed by atoms with van der Waals surface area (Å²) in [7, 11) is -4.26. The fourth-order valence-electron chi connectivity index (χ4n) is 5.42. The van der Waals surface area contributed by atoms with Crippen molar-refractivity contribution in [1.82, 2.24) is 10.2 Å². The average molecular weight is 710 g/mol. The van der Waals surface area contributed by atoms with E-state index >= 15 is 0 Å². The van der Waals surface area contributed by atoms with Gasteiger partial charge < -0.3 is 15.0 Å². The molecule has 1 unspecified atom stereocenters. The van der Waals surface area contributed by atoms with Crippen molar-refractivity contribution >= 4 is 39.1 Å². The van der Waals surface area contributed by atoms with Gasteiger partial charge in [0, 0.05) is 24.0 Å². The highest BCUT2D eigenvalue weighted by molar-refractivity contribution is 7.92. The Labute approximate surface area is 299 Å². The van der Waals surface area contributed by atoms with Crippen LogP contribution in [0.25, 0.3) is 0 Å². The van der Waals surface area contributed by atoms with Crippen LogP contribution in [0, 0.1) is 6.92 Å². The molecule has 8 nitrogen and oxygen atoms in total. The summed E-state index contributed by atoms with van der Waals surface area (Å²) < 4.78 is 35.7. The smallest absolute Gasteiger partial charge is 0.264 e. The lowest BCUT2D eigenvalue weighted by atomic mass is 10.0. The van der Waals surface area contributed by atoms with E-state index in [0.29, 0.717) is 22.1 Å². The van der Waals surface area contributed by atoms with E-state index in [9.17, 15) is 18.0 Å². The van der Waals surface area contributed by atoms with E-state index in [4.69, 9.17) is 16.3 Å². The maximum Gasteiger partial charge on any atom is 0.264 e. The topological polar surface area (TPSA) is 96.0 Å². The Hall–Kier alpha value is -5.12. The number of carbonyl (C=O) groups is 2. The number of nitrogens with one attached hydrogen (secondary N) is 1. The van der Waals surface area contributed by atoms with Gasteiger partial charge in [0.25, 0.3) is 10.0 Å². The van der Waals surface area contributed by atoms with Crippen molar-refractivity contribution in [2.45, 2.75) is 50.7 Å². The molecule has 0 aliphatic heterocycles. The first-order valence-corrected chi connectivity index (χ1v) is 18.1. The number of anilines is 1. The van der Waals surface area contributed by atoms with E-state index in [1.807, 2.05) is 81.4 Å². The van der Waals surface area contributed by atoms with Gasteiger partial charge in [0.1, 0.15) is 24.1 Å². The van der Waals surface area contributed by atoms with Crippen molar-refractivity contribution in [1.29, 1.82) is 0 Å². The number of hydrogen-bond acceptors (Lipinski definition) is 5. The van der Waals surface area contributed by atoms with Crippen LogP contribution < -0.4 is 14.4 Å². The molecule has 10 heteroatoms. The van der Waals surface area contributed by atoms with Crippen molar-refractivity contribution in [3.63, 3.8) is 0 Å². The van der Waals surface area contributed by atoms with E-state index in [1.165, 1.54) is 17.0 Å². The number of halogens is 1. The Morgan fingerprint density at radius 2 is 1.34 bits per heavy atom. The molecule has 0 heterocycles. The highest BCUT2D eigenvalue weighted by Gasteiger charge is 2.35. The summed E-state index contributed by atoms with van der Waals surface area (Å²) >= 11 is 6.58. The van der Waals surface area contributed by atoms with Crippen LogP contribution in [0.3, 0.4) is 0 Å². The fourth-order valence-corrected chi connectivity index (χ4v) is 7.03. The predicted molar refractivity (Wildman–Crippen MR) is 198 cm³/mol. The molecule has 0 aliphatic carbocycles. The van der Waals surface area contributed by atoms with E-state index in [2.05, 4.69) is 5.32 Å². The largest absolute Gasteiger partial charge is 0.457 e. The number of rotatable bonds is 14. The zero-order valence-electron chi connectivity index (χ0n) is 28.2. The van der Waals surface area contributed by atoms with Gasteiger partial charge in [-0.1, -0.05) is 96.0 Å². The maximum absolute atomic E-state index is 14.7. The van der Waals surface area contributed by atoms with Crippen LogP contribution in [-0.2, 0) is 32.6 Å². The number of ether oxygens (including phenoxy) is 1. The second-order valence-corrected chi connectivity index (χ2v) is 14.5. The Balaban J connectivity index is 1.56. The summed E-state index contributed by atoms with van der Waals surface area (Å²) in [6, 6.07) is 37.5. The van der Waals surface area contributed by atoms with Gasteiger partial charge in [0.05, 0.1) is 10.6 Å². The van der Waals surface area contributed by atoms with Gasteiger partial charge in [0.15, 0.2) is 0 Å². The minimum absolute atomic E-state index is 0.0240. The first-order chi connectivity index (χ1) is 24.0. The first-order valence-electron chi connectivity index (χ1n) is 16.3. The van der Waals surface area contributed by atoms with E-state index in [-0.39, 0.29) is 35.5 Å². The lowest BCUT2D eigenvalue weighted by molar-refractivity contribution is -0.140. The van der Waals surface area contributed by atoms with Crippen molar-refractivity contribution < 1.29 is 22.7 Å². The van der Waals surface area contributed by atoms with Crippen LogP contribution in [0.1, 0.15) is 30.5 Å². The number of benzene rings is 5. The molecule has 5 aromatic rings. The monoisotopic (exact) mass is 709 g/mol. The third kappa shape index (κ3) is 9.31. The minimum atomic E-state index is -4.26. The number of carbonyl (C=O) groups excluding carboxylic acids is 2. The second-order valence-electron chi connectivity index (χ2n) is 12.2. The third-order valence-corrected chi connectivity index (χ3v) is 10.1. The number of sulfonamides is 1. The zero-order valence-corrected chi connectivity index (χ0v) is 29.8. The van der Waals surface area contributed by atoms with Gasteiger partial charge in [-0.15, -0.1) is 0 Å². The van der Waals surface area contributed by atoms with Crippen molar-refractivity contribution in [3.8, 4) is 11.5 Å². The number of aryl methyl sites for hydroxylation is 1. The molecule has 0 saturated heterocycles. The Morgan fingerprint density at radius 1 is 0.760 bits per heavy atom. The molecular weight excluding hydrogens is 670 g/mol. The lowest BCUT2D eigenvalue weighted by Crippen LogP contribution is -2.54. The third-order valence-electron chi connectivity index (χ3n) is 7.99. The van der Waals surface area contributed by atoms with Crippen molar-refractivity contribution in [2.75, 3.05) is 10.8 Å². The summed E-state index contributed by atoms with van der Waals surface area (Å²) in [5.74, 6) is 0.177. The van der Waals surface area contributed by atoms with Crippen molar-refractivity contribution in [3.05, 3.63) is 155 Å². The summed E-state index contributed by atoms with van der Waals surface area (Å²) in [4.78, 5) is 30.0. The van der Waals surface area contributed by atoms with Gasteiger partial charge in [0.2, 0.25) is 11.8 Å². The standard InChI is InChI=1S/C40H40ClN3O5S/c1-29(2)42-40(46)38(26-31-12-6-4-7-13-31)43(27-32-14-10-11-17-37(32)41)39(45)28-44(50(47,48)36-24-18-30(3)19-25-36)33-20-22-35(23-21-33)49-34-15-8-5-9-16-34/h4-25,29,38H,26-28H2,1-3H3,(H,42,46). The maximum atomic E-state index is 14.7. The van der Waals surface area contributed by atoms with E-state index in [1.54, 1.807) is 60.7 Å². The first kappa shape index (κ1) is 36.2. The molecule has 5 aromatic carbocycles. The van der Waals surface area contributed by atoms with Gasteiger partial charge in [-0.25, -0.2) is 8.42 Å². The number of amides is 2. The van der Waals surface area contributed by atoms with Gasteiger partial charge in [-0.3, -0.25) is 13.9 Å². The molecule has 0 saturated carbocycles. The molecule has 1 N–H and O–H groups in total. The minimum Gasteiger partial charge on any atom is -0.457 e. The average Bonchev–Trinajstić information content (AvgIpc) is 3.10. The van der Waals surface area contributed by atoms with Crippen LogP contribution in [0.5, 0.6) is 11.5 Å². The molecule has 0 fully saturated rings. The highest BCUT2D eigenvalue weighted by atomic mass is 35.5. The Morgan fingerprint density at radius 3 is 1.96 bits per heavy atom. The van der Waals surface area contributed by atoms with Gasteiger partial charge >= 0.3 is 0 Å². The highest BCUT2D eigenvalue weighted by Crippen LogP contribution is 2.29. The van der Waals surface area contributed by atoms with Gasteiger partial charge in [-0.05, 0) is 86.5 Å². The lowest BCUT2D eigenvalue weighted by Gasteiger charge is -2.34. The summed E-state index contributed by atoms with van der Waals surface area (Å²) in [6.07, 6.45) is 0.200. The van der Waals surface area contributed by atoms with Crippen LogP contribution >= 0.6 is 11.6 Å². The second kappa shape index (κ2) is 16.5. The summed E-state index contributed by atoms with van der Waals surface area (Å²) in [5.41, 5.74) is 2.60. The molecule has 0 aliphatic rings. The molecular formula is C40H40ClN3O5S. The van der Waals surface area contributed by atoms with Crippen LogP contribution in [-0.4, -0.2) is 43.8 Å². The van der Waals surface area contributed by atoms with Crippen LogP contribution in [0.4, 0.5) is 5.69 Å². The predicted octanol–water partition coefficient (Wildman–Crippen LogP) is 7.80. The molecule has 258 valence electrons. The fraction of sp³-hybridized carbons (Fsp3) is 0.200. The molecule has 50 heavy (non-hydrogen) atoms. The Bertz CT molecular complexity index is 1990. The van der Waals surface area contributed by atoms with Crippen LogP contribution in [0.15, 0.2) is 138 Å². The Kier molecular flexibility index (Phi) is 12.0. The molecule has 0 aromatic heterocycles. The molecule has 0 bridgehead atoms.